The van der Waals surface area contributed by atoms with Crippen LogP contribution in [0.3, 0.4) is 0 Å². The van der Waals surface area contributed by atoms with Crippen molar-refractivity contribution in [2.45, 2.75) is 63.4 Å². The summed E-state index contributed by atoms with van der Waals surface area (Å²) in [7, 11) is -2.13. The Morgan fingerprint density at radius 1 is 1.22 bits per heavy atom. The van der Waals surface area contributed by atoms with Gasteiger partial charge in [-0.15, -0.1) is 0 Å². The van der Waals surface area contributed by atoms with Crippen LogP contribution in [0.25, 0.3) is 0 Å². The molecule has 0 saturated heterocycles. The summed E-state index contributed by atoms with van der Waals surface area (Å²) in [6.07, 6.45) is 5.02. The van der Waals surface area contributed by atoms with Crippen LogP contribution < -0.4 is 5.32 Å². The van der Waals surface area contributed by atoms with Crippen LogP contribution in [0.4, 0.5) is 0 Å². The van der Waals surface area contributed by atoms with Crippen LogP contribution in [-0.4, -0.2) is 37.8 Å². The van der Waals surface area contributed by atoms with Crippen molar-refractivity contribution in [1.82, 2.24) is 9.62 Å². The maximum atomic E-state index is 12.8. The summed E-state index contributed by atoms with van der Waals surface area (Å²) < 4.78 is 26.7. The number of amides is 1. The lowest BCUT2D eigenvalue weighted by molar-refractivity contribution is 0.0915. The van der Waals surface area contributed by atoms with Crippen LogP contribution in [0.5, 0.6) is 0 Å². The lowest BCUT2D eigenvalue weighted by Gasteiger charge is -2.28. The Morgan fingerprint density at radius 2 is 1.93 bits per heavy atom. The third-order valence-electron chi connectivity index (χ3n) is 6.38. The van der Waals surface area contributed by atoms with E-state index in [9.17, 15) is 13.2 Å². The topological polar surface area (TPSA) is 66.5 Å². The summed E-state index contributed by atoms with van der Waals surface area (Å²) in [5.74, 6) is 1.71. The largest absolute Gasteiger partial charge is 0.349 e. The molecule has 4 unspecified atom stereocenters. The van der Waals surface area contributed by atoms with Crippen molar-refractivity contribution < 1.29 is 13.2 Å². The predicted molar refractivity (Wildman–Crippen MR) is 107 cm³/mol. The number of hydrogen-bond donors (Lipinski definition) is 1. The van der Waals surface area contributed by atoms with E-state index in [1.54, 1.807) is 13.8 Å². The molecule has 4 atom stereocenters. The van der Waals surface area contributed by atoms with Gasteiger partial charge in [0.15, 0.2) is 0 Å². The van der Waals surface area contributed by atoms with Gasteiger partial charge in [-0.05, 0) is 76.0 Å². The summed E-state index contributed by atoms with van der Waals surface area (Å²) in [6.45, 7) is 5.65. The van der Waals surface area contributed by atoms with Gasteiger partial charge in [0, 0.05) is 19.1 Å². The van der Waals surface area contributed by atoms with Crippen LogP contribution in [0, 0.1) is 17.8 Å². The van der Waals surface area contributed by atoms with Crippen molar-refractivity contribution in [3.05, 3.63) is 28.8 Å². The maximum Gasteiger partial charge on any atom is 0.253 e. The first-order chi connectivity index (χ1) is 12.6. The average Bonchev–Trinajstić information content (AvgIpc) is 3.24. The van der Waals surface area contributed by atoms with Crippen LogP contribution in [-0.2, 0) is 10.0 Å². The smallest absolute Gasteiger partial charge is 0.253 e. The van der Waals surface area contributed by atoms with Crippen molar-refractivity contribution in [2.24, 2.45) is 17.8 Å². The molecule has 27 heavy (non-hydrogen) atoms. The molecule has 1 N–H and O–H groups in total. The Hall–Kier alpha value is -1.11. The Labute approximate surface area is 167 Å². The monoisotopic (exact) mass is 412 g/mol. The Morgan fingerprint density at radius 3 is 2.48 bits per heavy atom. The van der Waals surface area contributed by atoms with Crippen LogP contribution in [0.1, 0.15) is 56.8 Å². The lowest BCUT2D eigenvalue weighted by atomic mass is 9.84. The van der Waals surface area contributed by atoms with E-state index >= 15 is 0 Å². The van der Waals surface area contributed by atoms with Gasteiger partial charge in [-0.25, -0.2) is 8.42 Å². The second-order valence-corrected chi connectivity index (χ2v) is 10.8. The van der Waals surface area contributed by atoms with Gasteiger partial charge in [0.2, 0.25) is 10.0 Å². The highest BCUT2D eigenvalue weighted by atomic mass is 35.5. The number of nitrogens with one attached hydrogen (secondary N) is 1. The van der Waals surface area contributed by atoms with Crippen LogP contribution in [0.15, 0.2) is 23.1 Å². The third kappa shape index (κ3) is 4.03. The Bertz CT molecular complexity index is 825. The maximum absolute atomic E-state index is 12.8. The zero-order valence-corrected chi connectivity index (χ0v) is 18.0. The van der Waals surface area contributed by atoms with Gasteiger partial charge in [0.05, 0.1) is 15.5 Å². The molecule has 2 fully saturated rings. The zero-order chi connectivity index (χ0) is 19.9. The van der Waals surface area contributed by atoms with Crippen LogP contribution >= 0.6 is 11.6 Å². The van der Waals surface area contributed by atoms with Gasteiger partial charge in [-0.3, -0.25) is 4.79 Å². The molecule has 1 aromatic carbocycles. The quantitative estimate of drug-likeness (QED) is 0.769. The number of rotatable bonds is 6. The van der Waals surface area contributed by atoms with E-state index < -0.39 is 10.0 Å². The Kier molecular flexibility index (Phi) is 5.90. The molecule has 1 aromatic rings. The molecule has 2 saturated carbocycles. The molecule has 3 rings (SSSR count). The molecule has 7 heteroatoms. The molecule has 150 valence electrons. The number of hydrogen-bond acceptors (Lipinski definition) is 3. The first-order valence-corrected chi connectivity index (χ1v) is 11.5. The second-order valence-electron chi connectivity index (χ2n) is 8.36. The molecule has 0 radical (unpaired) electrons. The third-order valence-corrected chi connectivity index (χ3v) is 8.74. The fourth-order valence-electron chi connectivity index (χ4n) is 4.58. The van der Waals surface area contributed by atoms with E-state index in [1.165, 1.54) is 55.2 Å². The molecule has 2 aliphatic carbocycles. The number of nitrogens with zero attached hydrogens (tertiary/aromatic N) is 1. The summed E-state index contributed by atoms with van der Waals surface area (Å²) in [6, 6.07) is 4.20. The van der Waals surface area contributed by atoms with Gasteiger partial charge in [0.25, 0.3) is 5.91 Å². The van der Waals surface area contributed by atoms with E-state index in [4.69, 9.17) is 11.6 Å². The van der Waals surface area contributed by atoms with E-state index in [2.05, 4.69) is 5.32 Å². The van der Waals surface area contributed by atoms with Crippen LogP contribution in [0.2, 0.25) is 5.02 Å². The molecule has 0 aliphatic heterocycles. The molecule has 2 aliphatic rings. The fourth-order valence-corrected chi connectivity index (χ4v) is 6.18. The number of benzene rings is 1. The van der Waals surface area contributed by atoms with Crippen molar-refractivity contribution in [3.8, 4) is 0 Å². The average molecular weight is 413 g/mol. The number of carbonyl (C=O) groups is 1. The summed E-state index contributed by atoms with van der Waals surface area (Å²) in [5, 5.41) is 3.33. The summed E-state index contributed by atoms with van der Waals surface area (Å²) in [5.41, 5.74) is 0.213. The second kappa shape index (κ2) is 7.72. The van der Waals surface area contributed by atoms with E-state index in [0.29, 0.717) is 11.8 Å². The highest BCUT2D eigenvalue weighted by Gasteiger charge is 2.42. The highest BCUT2D eigenvalue weighted by Crippen LogP contribution is 2.49. The molecular formula is C20H29ClN2O3S. The first kappa shape index (κ1) is 20.6. The number of fused-ring (bicyclic) bond motifs is 2. The summed E-state index contributed by atoms with van der Waals surface area (Å²) in [4.78, 5) is 12.9. The molecule has 5 nitrogen and oxygen atoms in total. The van der Waals surface area contributed by atoms with Crippen molar-refractivity contribution in [1.29, 1.82) is 0 Å². The molecule has 0 spiro atoms. The first-order valence-electron chi connectivity index (χ1n) is 9.69. The number of carbonyl (C=O) groups excluding carboxylic acids is 1. The minimum atomic E-state index is -3.67. The highest BCUT2D eigenvalue weighted by molar-refractivity contribution is 7.89. The van der Waals surface area contributed by atoms with Gasteiger partial charge in [-0.1, -0.05) is 18.0 Å². The van der Waals surface area contributed by atoms with Crippen molar-refractivity contribution >= 4 is 27.5 Å². The van der Waals surface area contributed by atoms with E-state index in [1.807, 2.05) is 6.92 Å². The van der Waals surface area contributed by atoms with Gasteiger partial charge in [-0.2, -0.15) is 4.31 Å². The minimum Gasteiger partial charge on any atom is -0.349 e. The van der Waals surface area contributed by atoms with Gasteiger partial charge >= 0.3 is 0 Å². The predicted octanol–water partition coefficient (Wildman–Crippen LogP) is 3.92. The normalized spacial score (nSPS) is 26.0. The van der Waals surface area contributed by atoms with E-state index in [0.717, 1.165) is 5.92 Å². The minimum absolute atomic E-state index is 0.0578. The van der Waals surface area contributed by atoms with E-state index in [-0.39, 0.29) is 33.5 Å². The van der Waals surface area contributed by atoms with Gasteiger partial charge < -0.3 is 5.32 Å². The summed E-state index contributed by atoms with van der Waals surface area (Å²) >= 11 is 6.22. The lowest BCUT2D eigenvalue weighted by Crippen LogP contribution is -2.40. The molecule has 1 amide bonds. The molecular weight excluding hydrogens is 384 g/mol. The van der Waals surface area contributed by atoms with Crippen molar-refractivity contribution in [3.63, 3.8) is 0 Å². The fraction of sp³-hybridized carbons (Fsp3) is 0.650. The Balaban J connectivity index is 1.78. The van der Waals surface area contributed by atoms with Gasteiger partial charge in [0.1, 0.15) is 0 Å². The zero-order valence-electron chi connectivity index (χ0n) is 16.4. The molecule has 2 bridgehead atoms. The standard InChI is InChI=1S/C20H29ClN2O3S/c1-12(2)23(4)27(25,26)16-7-8-19(21)18(11-16)20(24)22-13(3)17-10-14-5-6-15(17)9-14/h7-8,11-15,17H,5-6,9-10H2,1-4H3,(H,22,24). The SMILES string of the molecule is CC(NC(=O)c1cc(S(=O)(=O)N(C)C(C)C)ccc1Cl)C1CC2CCC1C2. The molecule has 0 aromatic heterocycles. The van der Waals surface area contributed by atoms with Crippen molar-refractivity contribution in [2.75, 3.05) is 7.05 Å². The molecule has 0 heterocycles. The number of sulfonamides is 1. The number of halogens is 1.